The minimum atomic E-state index is -0.796. The third-order valence-corrected chi connectivity index (χ3v) is 3.37. The van der Waals surface area contributed by atoms with Crippen LogP contribution in [0.1, 0.15) is 0 Å². The van der Waals surface area contributed by atoms with Gasteiger partial charge in [-0.2, -0.15) is 0 Å². The van der Waals surface area contributed by atoms with Crippen molar-refractivity contribution in [1.82, 2.24) is 0 Å². The summed E-state index contributed by atoms with van der Waals surface area (Å²) in [5.74, 6) is 0. The van der Waals surface area contributed by atoms with Gasteiger partial charge in [0, 0.05) is 0 Å². The molecular weight excluding hydrogens is 263 g/mol. The quantitative estimate of drug-likeness (QED) is 0.451. The van der Waals surface area contributed by atoms with Crippen LogP contribution in [0.5, 0.6) is 0 Å². The van der Waals surface area contributed by atoms with Gasteiger partial charge in [-0.25, -0.2) is 0 Å². The van der Waals surface area contributed by atoms with E-state index in [2.05, 4.69) is 0 Å². The van der Waals surface area contributed by atoms with Gasteiger partial charge in [-0.15, -0.1) is 0 Å². The molecule has 0 spiro atoms. The summed E-state index contributed by atoms with van der Waals surface area (Å²) in [6.45, 7) is 0.391. The van der Waals surface area contributed by atoms with Crippen molar-refractivity contribution < 1.29 is 19.7 Å². The van der Waals surface area contributed by atoms with Gasteiger partial charge in [-0.05, 0) is 0 Å². The molecule has 2 saturated heterocycles. The number of aliphatic hydroxyl groups is 2. The van der Waals surface area contributed by atoms with Crippen LogP contribution in [0.15, 0.2) is 0 Å². The highest BCUT2D eigenvalue weighted by atomic mass is 127. The van der Waals surface area contributed by atoms with E-state index in [4.69, 9.17) is 9.47 Å². The molecule has 0 amide bonds. The summed E-state index contributed by atoms with van der Waals surface area (Å²) in [6.07, 6.45) is -2.18. The van der Waals surface area contributed by atoms with Crippen LogP contribution < -0.4 is 0 Å². The van der Waals surface area contributed by atoms with Crippen LogP contribution in [0.25, 0.3) is 0 Å². The largest absolute Gasteiger partial charge is 0.389 e. The van der Waals surface area contributed by atoms with Crippen LogP contribution in [0.4, 0.5) is 0 Å². The standard InChI is InChI=1S/C6H9IO4/c7-3-5(9)4(8)2-1-10-6(3)11-2/h2-6,8-9H,1H2/t2-,3-,4-,5-,6-/m1/s1. The minimum Gasteiger partial charge on any atom is -0.389 e. The highest BCUT2D eigenvalue weighted by Gasteiger charge is 2.48. The van der Waals surface area contributed by atoms with Crippen LogP contribution in [0.3, 0.4) is 0 Å². The van der Waals surface area contributed by atoms with Gasteiger partial charge in [0.1, 0.15) is 12.2 Å². The smallest absolute Gasteiger partial charge is 0.172 e. The molecule has 5 atom stereocenters. The van der Waals surface area contributed by atoms with Gasteiger partial charge >= 0.3 is 0 Å². The Hall–Kier alpha value is 0.570. The summed E-state index contributed by atoms with van der Waals surface area (Å²) in [5, 5.41) is 18.8. The molecule has 2 fully saturated rings. The predicted molar refractivity (Wildman–Crippen MR) is 44.4 cm³/mol. The summed E-state index contributed by atoms with van der Waals surface area (Å²) in [6, 6.07) is 0. The number of hydrogen-bond acceptors (Lipinski definition) is 4. The van der Waals surface area contributed by atoms with Gasteiger partial charge in [0.15, 0.2) is 6.29 Å². The number of aliphatic hydroxyl groups excluding tert-OH is 2. The Balaban J connectivity index is 2.16. The Morgan fingerprint density at radius 3 is 2.73 bits per heavy atom. The number of halogens is 1. The minimum absolute atomic E-state index is 0.165. The summed E-state index contributed by atoms with van der Waals surface area (Å²) in [7, 11) is 0. The first kappa shape index (κ1) is 8.18. The average molecular weight is 272 g/mol. The van der Waals surface area contributed by atoms with Crippen molar-refractivity contribution >= 4 is 22.6 Å². The molecule has 2 N–H and O–H groups in total. The van der Waals surface area contributed by atoms with Crippen molar-refractivity contribution in [1.29, 1.82) is 0 Å². The van der Waals surface area contributed by atoms with E-state index in [0.29, 0.717) is 6.61 Å². The number of rotatable bonds is 0. The molecule has 0 aromatic rings. The number of fused-ring (bicyclic) bond motifs is 2. The maximum atomic E-state index is 9.41. The molecule has 0 aliphatic carbocycles. The van der Waals surface area contributed by atoms with Crippen LogP contribution in [-0.4, -0.2) is 45.3 Å². The fourth-order valence-corrected chi connectivity index (χ4v) is 2.16. The van der Waals surface area contributed by atoms with Gasteiger partial charge in [-0.1, -0.05) is 22.6 Å². The van der Waals surface area contributed by atoms with E-state index < -0.39 is 12.2 Å². The SMILES string of the molecule is O[C@H]1[C@H](O)[C@H]2CO[C@H](O2)[C@@H]1I. The molecule has 0 saturated carbocycles. The third-order valence-electron chi connectivity index (χ3n) is 2.05. The van der Waals surface area contributed by atoms with Gasteiger partial charge in [0.25, 0.3) is 0 Å². The maximum absolute atomic E-state index is 9.41. The molecule has 2 aliphatic rings. The summed E-state index contributed by atoms with van der Waals surface area (Å²) in [4.78, 5) is 0. The predicted octanol–water partition coefficient (Wildman–Crippen LogP) is -0.733. The molecule has 5 heteroatoms. The maximum Gasteiger partial charge on any atom is 0.172 e. The second-order valence-electron chi connectivity index (χ2n) is 2.80. The number of hydrogen-bond donors (Lipinski definition) is 2. The highest BCUT2D eigenvalue weighted by Crippen LogP contribution is 2.32. The van der Waals surface area contributed by atoms with E-state index in [1.165, 1.54) is 0 Å². The second-order valence-corrected chi connectivity index (χ2v) is 4.24. The van der Waals surface area contributed by atoms with Crippen LogP contribution in [-0.2, 0) is 9.47 Å². The van der Waals surface area contributed by atoms with Crippen LogP contribution >= 0.6 is 22.6 Å². The van der Waals surface area contributed by atoms with Crippen molar-refractivity contribution in [3.05, 3.63) is 0 Å². The second kappa shape index (κ2) is 2.81. The lowest BCUT2D eigenvalue weighted by molar-refractivity contribution is -0.156. The Labute approximate surface area is 77.6 Å². The highest BCUT2D eigenvalue weighted by molar-refractivity contribution is 14.1. The van der Waals surface area contributed by atoms with Gasteiger partial charge in [-0.3, -0.25) is 0 Å². The molecule has 11 heavy (non-hydrogen) atoms. The molecule has 0 unspecified atom stereocenters. The molecule has 2 heterocycles. The van der Waals surface area contributed by atoms with Gasteiger partial charge < -0.3 is 19.7 Å². The number of ether oxygens (including phenoxy) is 2. The molecule has 0 aromatic carbocycles. The van der Waals surface area contributed by atoms with Crippen molar-refractivity contribution in [2.75, 3.05) is 6.61 Å². The lowest BCUT2D eigenvalue weighted by Gasteiger charge is -2.32. The fourth-order valence-electron chi connectivity index (χ4n) is 1.36. The monoisotopic (exact) mass is 272 g/mol. The average Bonchev–Trinajstić information content (AvgIpc) is 2.44. The summed E-state index contributed by atoms with van der Waals surface area (Å²) in [5.41, 5.74) is 0. The van der Waals surface area contributed by atoms with E-state index in [-0.39, 0.29) is 16.3 Å². The molecule has 2 bridgehead atoms. The first-order valence-corrected chi connectivity index (χ1v) is 4.72. The van der Waals surface area contributed by atoms with E-state index >= 15 is 0 Å². The Kier molecular flexibility index (Phi) is 2.09. The van der Waals surface area contributed by atoms with Crippen molar-refractivity contribution in [2.24, 2.45) is 0 Å². The molecule has 4 nitrogen and oxygen atoms in total. The third kappa shape index (κ3) is 1.19. The van der Waals surface area contributed by atoms with Crippen LogP contribution in [0.2, 0.25) is 0 Å². The first-order chi connectivity index (χ1) is 5.20. The van der Waals surface area contributed by atoms with E-state index in [1.807, 2.05) is 22.6 Å². The molecule has 0 radical (unpaired) electrons. The molecule has 0 aromatic heterocycles. The lowest BCUT2D eigenvalue weighted by atomic mass is 10.0. The van der Waals surface area contributed by atoms with Crippen molar-refractivity contribution in [3.63, 3.8) is 0 Å². The Morgan fingerprint density at radius 2 is 2.00 bits per heavy atom. The van der Waals surface area contributed by atoms with Crippen molar-refractivity contribution in [3.8, 4) is 0 Å². The lowest BCUT2D eigenvalue weighted by Crippen LogP contribution is -2.51. The van der Waals surface area contributed by atoms with Crippen molar-refractivity contribution in [2.45, 2.75) is 28.5 Å². The zero-order valence-electron chi connectivity index (χ0n) is 5.68. The summed E-state index contributed by atoms with van der Waals surface area (Å²) >= 11 is 2.03. The molecule has 2 rings (SSSR count). The van der Waals surface area contributed by atoms with E-state index in [9.17, 15) is 10.2 Å². The topological polar surface area (TPSA) is 58.9 Å². The Bertz CT molecular complexity index is 145. The first-order valence-electron chi connectivity index (χ1n) is 3.47. The zero-order chi connectivity index (χ0) is 8.01. The summed E-state index contributed by atoms with van der Waals surface area (Å²) < 4.78 is 10.3. The molecular formula is C6H9IO4. The normalized spacial score (nSPS) is 56.5. The Morgan fingerprint density at radius 1 is 1.27 bits per heavy atom. The molecule has 64 valence electrons. The van der Waals surface area contributed by atoms with Gasteiger partial charge in [0.05, 0.1) is 16.6 Å². The fraction of sp³-hybridized carbons (Fsp3) is 1.00. The van der Waals surface area contributed by atoms with Gasteiger partial charge in [0.2, 0.25) is 0 Å². The zero-order valence-corrected chi connectivity index (χ0v) is 7.84. The van der Waals surface area contributed by atoms with E-state index in [1.54, 1.807) is 0 Å². The molecule has 2 aliphatic heterocycles. The van der Waals surface area contributed by atoms with Crippen LogP contribution in [0, 0.1) is 0 Å². The number of alkyl halides is 1. The van der Waals surface area contributed by atoms with E-state index in [0.717, 1.165) is 0 Å².